The largest absolute Gasteiger partial charge is 0.549 e. The predicted octanol–water partition coefficient (Wildman–Crippen LogP) is 1.84. The number of benzene rings is 2. The van der Waals surface area contributed by atoms with Gasteiger partial charge in [0.05, 0.1) is 12.5 Å². The molecule has 2 aromatic carbocycles. The van der Waals surface area contributed by atoms with Crippen LogP contribution in [0.3, 0.4) is 0 Å². The van der Waals surface area contributed by atoms with Crippen molar-refractivity contribution in [3.05, 3.63) is 66.2 Å². The van der Waals surface area contributed by atoms with Gasteiger partial charge in [-0.15, -0.1) is 10.2 Å². The summed E-state index contributed by atoms with van der Waals surface area (Å²) in [5, 5.41) is 19.7. The highest BCUT2D eigenvalue weighted by Crippen LogP contribution is 2.24. The molecule has 0 aliphatic rings. The Hall–Kier alpha value is -2.60. The molecular formula is C17H14N3O2S-. The molecule has 1 heterocycles. The van der Waals surface area contributed by atoms with Gasteiger partial charge in [0.1, 0.15) is 0 Å². The first-order chi connectivity index (χ1) is 11.2. The normalized spacial score (nSPS) is 10.6. The van der Waals surface area contributed by atoms with Gasteiger partial charge in [0.15, 0.2) is 11.0 Å². The molecule has 0 aliphatic heterocycles. The third-order valence-corrected chi connectivity index (χ3v) is 4.19. The molecule has 0 N–H and O–H groups in total. The van der Waals surface area contributed by atoms with E-state index in [-0.39, 0.29) is 5.75 Å². The number of hydrogen-bond acceptors (Lipinski definition) is 5. The van der Waals surface area contributed by atoms with E-state index in [2.05, 4.69) is 10.2 Å². The maximum absolute atomic E-state index is 10.7. The van der Waals surface area contributed by atoms with Gasteiger partial charge >= 0.3 is 0 Å². The molecule has 6 heteroatoms. The summed E-state index contributed by atoms with van der Waals surface area (Å²) in [5.74, 6) is -0.553. The van der Waals surface area contributed by atoms with Crippen molar-refractivity contribution in [2.45, 2.75) is 11.7 Å². The van der Waals surface area contributed by atoms with E-state index < -0.39 is 5.97 Å². The number of aliphatic carboxylic acids is 1. The Labute approximate surface area is 138 Å². The summed E-state index contributed by atoms with van der Waals surface area (Å²) in [6.45, 7) is 0.577. The first kappa shape index (κ1) is 15.3. The number of aromatic nitrogens is 3. The highest BCUT2D eigenvalue weighted by atomic mass is 32.2. The van der Waals surface area contributed by atoms with Crippen LogP contribution in [-0.4, -0.2) is 26.5 Å². The van der Waals surface area contributed by atoms with E-state index >= 15 is 0 Å². The second-order valence-electron chi connectivity index (χ2n) is 4.90. The van der Waals surface area contributed by atoms with Gasteiger partial charge in [-0.1, -0.05) is 72.4 Å². The monoisotopic (exact) mass is 324 g/mol. The van der Waals surface area contributed by atoms with E-state index in [1.165, 1.54) is 0 Å². The molecule has 0 atom stereocenters. The van der Waals surface area contributed by atoms with Gasteiger partial charge in [0.2, 0.25) is 0 Å². The number of carboxylic acids is 1. The molecule has 0 saturated heterocycles. The number of rotatable bonds is 6. The van der Waals surface area contributed by atoms with E-state index in [4.69, 9.17) is 0 Å². The molecule has 3 rings (SSSR count). The quantitative estimate of drug-likeness (QED) is 0.647. The standard InChI is InChI=1S/C17H15N3O2S/c21-15(22)12-23-17-19-18-16(14-9-5-2-6-10-14)20(17)11-13-7-3-1-4-8-13/h1-10H,11-12H2,(H,21,22)/p-1. The van der Waals surface area contributed by atoms with Crippen LogP contribution in [0.25, 0.3) is 11.4 Å². The molecule has 0 spiro atoms. The Morgan fingerprint density at radius 1 is 1.00 bits per heavy atom. The lowest BCUT2D eigenvalue weighted by Crippen LogP contribution is -2.24. The van der Waals surface area contributed by atoms with Crippen LogP contribution < -0.4 is 5.11 Å². The number of thioether (sulfide) groups is 1. The van der Waals surface area contributed by atoms with Crippen LogP contribution in [0.2, 0.25) is 0 Å². The van der Waals surface area contributed by atoms with Crippen LogP contribution in [0, 0.1) is 0 Å². The second kappa shape index (κ2) is 7.11. The van der Waals surface area contributed by atoms with Crippen molar-refractivity contribution in [2.75, 3.05) is 5.75 Å². The maximum Gasteiger partial charge on any atom is 0.192 e. The SMILES string of the molecule is O=C([O-])CSc1nnc(-c2ccccc2)n1Cc1ccccc1. The van der Waals surface area contributed by atoms with Gasteiger partial charge in [-0.3, -0.25) is 4.57 Å². The first-order valence-corrected chi connectivity index (χ1v) is 8.08. The topological polar surface area (TPSA) is 70.8 Å². The fraction of sp³-hybridized carbons (Fsp3) is 0.118. The predicted molar refractivity (Wildman–Crippen MR) is 86.7 cm³/mol. The second-order valence-corrected chi connectivity index (χ2v) is 5.85. The summed E-state index contributed by atoms with van der Waals surface area (Å²) in [5.41, 5.74) is 2.04. The molecule has 5 nitrogen and oxygen atoms in total. The third-order valence-electron chi connectivity index (χ3n) is 3.25. The Kier molecular flexibility index (Phi) is 4.73. The van der Waals surface area contributed by atoms with Gasteiger partial charge in [-0.05, 0) is 5.56 Å². The summed E-state index contributed by atoms with van der Waals surface area (Å²) in [7, 11) is 0. The molecule has 0 bridgehead atoms. The average Bonchev–Trinajstić information content (AvgIpc) is 2.97. The van der Waals surface area contributed by atoms with E-state index in [0.717, 1.165) is 28.7 Å². The fourth-order valence-corrected chi connectivity index (χ4v) is 2.88. The van der Waals surface area contributed by atoms with Crippen LogP contribution >= 0.6 is 11.8 Å². The van der Waals surface area contributed by atoms with E-state index in [1.807, 2.05) is 65.2 Å². The number of carbonyl (C=O) groups is 1. The molecule has 0 unspecified atom stereocenters. The smallest absolute Gasteiger partial charge is 0.192 e. The molecular weight excluding hydrogens is 310 g/mol. The zero-order valence-corrected chi connectivity index (χ0v) is 13.1. The van der Waals surface area contributed by atoms with E-state index in [9.17, 15) is 9.90 Å². The van der Waals surface area contributed by atoms with E-state index in [0.29, 0.717) is 11.7 Å². The Morgan fingerprint density at radius 2 is 1.65 bits per heavy atom. The summed E-state index contributed by atoms with van der Waals surface area (Å²) >= 11 is 1.12. The highest BCUT2D eigenvalue weighted by Gasteiger charge is 2.14. The molecule has 0 radical (unpaired) electrons. The van der Waals surface area contributed by atoms with Gasteiger partial charge < -0.3 is 9.90 Å². The zero-order valence-electron chi connectivity index (χ0n) is 12.3. The molecule has 0 saturated carbocycles. The van der Waals surface area contributed by atoms with Crippen LogP contribution in [0.4, 0.5) is 0 Å². The minimum Gasteiger partial charge on any atom is -0.549 e. The van der Waals surface area contributed by atoms with E-state index in [1.54, 1.807) is 0 Å². The summed E-state index contributed by atoms with van der Waals surface area (Å²) in [6, 6.07) is 19.6. The van der Waals surface area contributed by atoms with Crippen molar-refractivity contribution < 1.29 is 9.90 Å². The van der Waals surface area contributed by atoms with Gasteiger partial charge in [0, 0.05) is 11.3 Å². The molecule has 0 aliphatic carbocycles. The molecule has 3 aromatic rings. The minimum absolute atomic E-state index is 0.151. The Bertz CT molecular complexity index is 788. The minimum atomic E-state index is -1.12. The maximum atomic E-state index is 10.7. The highest BCUT2D eigenvalue weighted by molar-refractivity contribution is 7.99. The van der Waals surface area contributed by atoms with Gasteiger partial charge in [-0.2, -0.15) is 0 Å². The molecule has 0 amide bonds. The average molecular weight is 324 g/mol. The van der Waals surface area contributed by atoms with Crippen molar-refractivity contribution in [3.8, 4) is 11.4 Å². The Morgan fingerprint density at radius 3 is 2.30 bits per heavy atom. The lowest BCUT2D eigenvalue weighted by molar-refractivity contribution is -0.301. The molecule has 0 fully saturated rings. The summed E-state index contributed by atoms with van der Waals surface area (Å²) < 4.78 is 1.93. The van der Waals surface area contributed by atoms with Gasteiger partial charge in [0.25, 0.3) is 0 Å². The lowest BCUT2D eigenvalue weighted by atomic mass is 10.2. The molecule has 116 valence electrons. The molecule has 1 aromatic heterocycles. The fourth-order valence-electron chi connectivity index (χ4n) is 2.23. The number of carboxylic acid groups (broad SMARTS) is 1. The third kappa shape index (κ3) is 3.78. The number of nitrogens with zero attached hydrogens (tertiary/aromatic N) is 3. The lowest BCUT2D eigenvalue weighted by Gasteiger charge is -2.10. The van der Waals surface area contributed by atoms with Crippen LogP contribution in [-0.2, 0) is 11.3 Å². The van der Waals surface area contributed by atoms with Crippen molar-refractivity contribution in [1.29, 1.82) is 0 Å². The van der Waals surface area contributed by atoms with Crippen molar-refractivity contribution in [1.82, 2.24) is 14.8 Å². The van der Waals surface area contributed by atoms with Crippen LogP contribution in [0.5, 0.6) is 0 Å². The number of hydrogen-bond donors (Lipinski definition) is 0. The van der Waals surface area contributed by atoms with Crippen molar-refractivity contribution >= 4 is 17.7 Å². The Balaban J connectivity index is 1.97. The van der Waals surface area contributed by atoms with Crippen LogP contribution in [0.15, 0.2) is 65.8 Å². The summed E-state index contributed by atoms with van der Waals surface area (Å²) in [4.78, 5) is 10.7. The zero-order chi connectivity index (χ0) is 16.1. The number of carbonyl (C=O) groups excluding carboxylic acids is 1. The summed E-state index contributed by atoms with van der Waals surface area (Å²) in [6.07, 6.45) is 0. The first-order valence-electron chi connectivity index (χ1n) is 7.09. The molecule has 23 heavy (non-hydrogen) atoms. The van der Waals surface area contributed by atoms with Crippen LogP contribution in [0.1, 0.15) is 5.56 Å². The van der Waals surface area contributed by atoms with Crippen molar-refractivity contribution in [3.63, 3.8) is 0 Å². The van der Waals surface area contributed by atoms with Crippen molar-refractivity contribution in [2.24, 2.45) is 0 Å². The van der Waals surface area contributed by atoms with Gasteiger partial charge in [-0.25, -0.2) is 0 Å².